The minimum Gasteiger partial charge on any atom is -0.494 e. The van der Waals surface area contributed by atoms with Crippen LogP contribution in [0.5, 0.6) is 5.75 Å². The zero-order valence-electron chi connectivity index (χ0n) is 14.6. The van der Waals surface area contributed by atoms with Crippen molar-refractivity contribution in [3.8, 4) is 17.3 Å². The SMILES string of the molecule is CCOc1ccc(S(=O)(=O)N2CC(c3nc(-c4ccccn4)no3)C2)cc1. The minimum absolute atomic E-state index is 0.118. The summed E-state index contributed by atoms with van der Waals surface area (Å²) in [6, 6.07) is 11.9. The van der Waals surface area contributed by atoms with Gasteiger partial charge in [0, 0.05) is 19.3 Å². The van der Waals surface area contributed by atoms with Crippen molar-refractivity contribution in [2.75, 3.05) is 19.7 Å². The van der Waals surface area contributed by atoms with E-state index in [2.05, 4.69) is 15.1 Å². The van der Waals surface area contributed by atoms with Gasteiger partial charge in [-0.1, -0.05) is 11.2 Å². The van der Waals surface area contributed by atoms with E-state index in [0.29, 0.717) is 42.9 Å². The maximum absolute atomic E-state index is 12.7. The van der Waals surface area contributed by atoms with Gasteiger partial charge in [0.25, 0.3) is 0 Å². The Hall–Kier alpha value is -2.78. The number of hydrogen-bond donors (Lipinski definition) is 0. The van der Waals surface area contributed by atoms with Crippen molar-refractivity contribution < 1.29 is 17.7 Å². The molecule has 0 radical (unpaired) electrons. The lowest BCUT2D eigenvalue weighted by atomic mass is 10.0. The summed E-state index contributed by atoms with van der Waals surface area (Å²) in [6.07, 6.45) is 1.65. The van der Waals surface area contributed by atoms with E-state index in [-0.39, 0.29) is 10.8 Å². The van der Waals surface area contributed by atoms with Crippen LogP contribution in [-0.4, -0.2) is 47.5 Å². The molecule has 0 saturated carbocycles. The van der Waals surface area contributed by atoms with Crippen molar-refractivity contribution in [3.63, 3.8) is 0 Å². The topological polar surface area (TPSA) is 98.4 Å². The minimum atomic E-state index is -3.54. The third-order valence-corrected chi connectivity index (χ3v) is 6.15. The summed E-state index contributed by atoms with van der Waals surface area (Å²) in [5.41, 5.74) is 0.616. The predicted octanol–water partition coefficient (Wildman–Crippen LogP) is 2.32. The predicted molar refractivity (Wildman–Crippen MR) is 96.6 cm³/mol. The molecule has 140 valence electrons. The van der Waals surface area contributed by atoms with Gasteiger partial charge in [-0.15, -0.1) is 0 Å². The summed E-state index contributed by atoms with van der Waals surface area (Å²) in [5.74, 6) is 1.35. The Balaban J connectivity index is 1.43. The molecule has 0 N–H and O–H groups in total. The van der Waals surface area contributed by atoms with E-state index >= 15 is 0 Å². The van der Waals surface area contributed by atoms with Gasteiger partial charge in [-0.2, -0.15) is 9.29 Å². The Morgan fingerprint density at radius 1 is 1.19 bits per heavy atom. The molecule has 1 fully saturated rings. The number of nitrogens with zero attached hydrogens (tertiary/aromatic N) is 4. The van der Waals surface area contributed by atoms with Crippen LogP contribution in [0, 0.1) is 0 Å². The highest BCUT2D eigenvalue weighted by molar-refractivity contribution is 7.89. The number of benzene rings is 1. The molecule has 27 heavy (non-hydrogen) atoms. The van der Waals surface area contributed by atoms with Crippen molar-refractivity contribution in [1.82, 2.24) is 19.4 Å². The summed E-state index contributed by atoms with van der Waals surface area (Å²) in [7, 11) is -3.54. The fourth-order valence-electron chi connectivity index (χ4n) is 2.81. The van der Waals surface area contributed by atoms with Gasteiger partial charge in [0.1, 0.15) is 11.4 Å². The van der Waals surface area contributed by atoms with E-state index in [1.54, 1.807) is 42.6 Å². The molecule has 3 heterocycles. The highest BCUT2D eigenvalue weighted by Gasteiger charge is 2.40. The number of aromatic nitrogens is 3. The van der Waals surface area contributed by atoms with Crippen LogP contribution in [0.2, 0.25) is 0 Å². The number of pyridine rings is 1. The molecule has 1 aliphatic rings. The summed E-state index contributed by atoms with van der Waals surface area (Å²) < 4.78 is 37.4. The van der Waals surface area contributed by atoms with Gasteiger partial charge in [0.05, 0.1) is 17.4 Å². The lowest BCUT2D eigenvalue weighted by molar-refractivity contribution is 0.217. The van der Waals surface area contributed by atoms with Crippen LogP contribution >= 0.6 is 0 Å². The van der Waals surface area contributed by atoms with E-state index in [4.69, 9.17) is 9.26 Å². The summed E-state index contributed by atoms with van der Waals surface area (Å²) in [6.45, 7) is 3.02. The standard InChI is InChI=1S/C18H18N4O4S/c1-2-25-14-6-8-15(9-7-14)27(23,24)22-11-13(12-22)18-20-17(21-26-18)16-5-3-4-10-19-16/h3-10,13H,2,11-12H2,1H3. The van der Waals surface area contributed by atoms with Crippen molar-refractivity contribution in [2.45, 2.75) is 17.7 Å². The average molecular weight is 386 g/mol. The number of rotatable bonds is 6. The Labute approximate surface area is 156 Å². The maximum atomic E-state index is 12.7. The second-order valence-electron chi connectivity index (χ2n) is 6.09. The van der Waals surface area contributed by atoms with Crippen LogP contribution in [0.3, 0.4) is 0 Å². The Morgan fingerprint density at radius 3 is 2.63 bits per heavy atom. The highest BCUT2D eigenvalue weighted by atomic mass is 32.2. The molecule has 0 amide bonds. The second kappa shape index (κ2) is 7.09. The van der Waals surface area contributed by atoms with Gasteiger partial charge in [-0.3, -0.25) is 4.98 Å². The van der Waals surface area contributed by atoms with Crippen LogP contribution in [-0.2, 0) is 10.0 Å². The molecule has 0 bridgehead atoms. The molecule has 2 aromatic heterocycles. The quantitative estimate of drug-likeness (QED) is 0.641. The smallest absolute Gasteiger partial charge is 0.243 e. The molecular weight excluding hydrogens is 368 g/mol. The monoisotopic (exact) mass is 386 g/mol. The largest absolute Gasteiger partial charge is 0.494 e. The van der Waals surface area contributed by atoms with Crippen molar-refractivity contribution in [3.05, 3.63) is 54.6 Å². The van der Waals surface area contributed by atoms with Crippen LogP contribution in [0.25, 0.3) is 11.5 Å². The zero-order valence-corrected chi connectivity index (χ0v) is 15.5. The fourth-order valence-corrected chi connectivity index (χ4v) is 4.34. The van der Waals surface area contributed by atoms with Gasteiger partial charge in [0.2, 0.25) is 21.7 Å². The van der Waals surface area contributed by atoms with Crippen LogP contribution in [0.1, 0.15) is 18.7 Å². The lowest BCUT2D eigenvalue weighted by Crippen LogP contribution is -2.48. The molecule has 1 saturated heterocycles. The molecule has 9 heteroatoms. The lowest BCUT2D eigenvalue weighted by Gasteiger charge is -2.35. The molecule has 0 spiro atoms. The van der Waals surface area contributed by atoms with Crippen LogP contribution in [0.4, 0.5) is 0 Å². The van der Waals surface area contributed by atoms with Gasteiger partial charge in [-0.05, 0) is 43.3 Å². The van der Waals surface area contributed by atoms with E-state index in [0.717, 1.165) is 0 Å². The fraction of sp³-hybridized carbons (Fsp3) is 0.278. The number of hydrogen-bond acceptors (Lipinski definition) is 7. The zero-order chi connectivity index (χ0) is 18.9. The second-order valence-corrected chi connectivity index (χ2v) is 8.03. The highest BCUT2D eigenvalue weighted by Crippen LogP contribution is 2.32. The van der Waals surface area contributed by atoms with E-state index < -0.39 is 10.0 Å². The van der Waals surface area contributed by atoms with Gasteiger partial charge in [0.15, 0.2) is 0 Å². The molecule has 4 rings (SSSR count). The van der Waals surface area contributed by atoms with Crippen LogP contribution in [0.15, 0.2) is 58.1 Å². The first-order chi connectivity index (χ1) is 13.1. The van der Waals surface area contributed by atoms with Gasteiger partial charge < -0.3 is 9.26 Å². The summed E-state index contributed by atoms with van der Waals surface area (Å²) >= 11 is 0. The molecule has 0 unspecified atom stereocenters. The molecule has 1 aromatic carbocycles. The van der Waals surface area contributed by atoms with Crippen molar-refractivity contribution in [2.24, 2.45) is 0 Å². The first kappa shape index (κ1) is 17.6. The number of sulfonamides is 1. The van der Waals surface area contributed by atoms with Gasteiger partial charge in [-0.25, -0.2) is 8.42 Å². The van der Waals surface area contributed by atoms with Crippen molar-refractivity contribution in [1.29, 1.82) is 0 Å². The molecule has 3 aromatic rings. The Morgan fingerprint density at radius 2 is 1.96 bits per heavy atom. The summed E-state index contributed by atoms with van der Waals surface area (Å²) in [4.78, 5) is 8.76. The van der Waals surface area contributed by atoms with Crippen molar-refractivity contribution >= 4 is 10.0 Å². The van der Waals surface area contributed by atoms with Crippen LogP contribution < -0.4 is 4.74 Å². The van der Waals surface area contributed by atoms with E-state index in [1.807, 2.05) is 13.0 Å². The normalized spacial score (nSPS) is 15.4. The first-order valence-corrected chi connectivity index (χ1v) is 10.00. The Kier molecular flexibility index (Phi) is 4.63. The first-order valence-electron chi connectivity index (χ1n) is 8.56. The third-order valence-electron chi connectivity index (χ3n) is 4.31. The average Bonchev–Trinajstić information content (AvgIpc) is 3.11. The van der Waals surface area contributed by atoms with E-state index in [1.165, 1.54) is 4.31 Å². The number of ether oxygens (including phenoxy) is 1. The molecule has 0 atom stereocenters. The Bertz CT molecular complexity index is 1010. The maximum Gasteiger partial charge on any atom is 0.243 e. The molecule has 0 aliphatic carbocycles. The molecule has 1 aliphatic heterocycles. The summed E-state index contributed by atoms with van der Waals surface area (Å²) in [5, 5.41) is 3.93. The van der Waals surface area contributed by atoms with E-state index in [9.17, 15) is 8.42 Å². The van der Waals surface area contributed by atoms with Gasteiger partial charge >= 0.3 is 0 Å². The molecule has 8 nitrogen and oxygen atoms in total. The molecular formula is C18H18N4O4S. The third kappa shape index (κ3) is 3.43.